The van der Waals surface area contributed by atoms with E-state index in [-0.39, 0.29) is 5.56 Å². The first-order chi connectivity index (χ1) is 9.58. The Morgan fingerprint density at radius 2 is 2.00 bits per heavy atom. The number of carbonyl (C=O) groups is 1. The largest absolute Gasteiger partial charge is 0.478 e. The van der Waals surface area contributed by atoms with Crippen molar-refractivity contribution in [3.8, 4) is 11.1 Å². The second-order valence-electron chi connectivity index (χ2n) is 4.70. The second-order valence-corrected chi connectivity index (χ2v) is 5.11. The van der Waals surface area contributed by atoms with Crippen LogP contribution >= 0.6 is 11.6 Å². The number of rotatable bonds is 2. The van der Waals surface area contributed by atoms with E-state index in [2.05, 4.69) is 0 Å². The number of carboxylic acid groups (broad SMARTS) is 1. The van der Waals surface area contributed by atoms with E-state index in [1.54, 1.807) is 22.7 Å². The Hall–Kier alpha value is -2.26. The molecule has 3 aromatic rings. The van der Waals surface area contributed by atoms with Crippen LogP contribution < -0.4 is 0 Å². The average Bonchev–Trinajstić information content (AvgIpc) is 2.80. The molecule has 0 aliphatic carbocycles. The van der Waals surface area contributed by atoms with Gasteiger partial charge in [-0.1, -0.05) is 29.3 Å². The number of aromatic nitrogens is 1. The fourth-order valence-corrected chi connectivity index (χ4v) is 2.62. The first kappa shape index (κ1) is 12.8. The minimum atomic E-state index is -0.953. The van der Waals surface area contributed by atoms with E-state index >= 15 is 0 Å². The molecule has 2 heterocycles. The van der Waals surface area contributed by atoms with Crippen LogP contribution in [0.15, 0.2) is 48.8 Å². The number of aromatic carboxylic acids is 1. The second kappa shape index (κ2) is 4.69. The normalized spacial score (nSPS) is 10.9. The van der Waals surface area contributed by atoms with Gasteiger partial charge in [-0.25, -0.2) is 4.79 Å². The van der Waals surface area contributed by atoms with Crippen molar-refractivity contribution in [2.24, 2.45) is 0 Å². The molecule has 0 amide bonds. The van der Waals surface area contributed by atoms with Crippen molar-refractivity contribution in [1.29, 1.82) is 0 Å². The van der Waals surface area contributed by atoms with Gasteiger partial charge in [0, 0.05) is 28.5 Å². The summed E-state index contributed by atoms with van der Waals surface area (Å²) in [5, 5.41) is 10.1. The number of hydrogen-bond donors (Lipinski definition) is 1. The zero-order valence-electron chi connectivity index (χ0n) is 10.8. The van der Waals surface area contributed by atoms with E-state index in [9.17, 15) is 9.90 Å². The van der Waals surface area contributed by atoms with Crippen LogP contribution in [0.25, 0.3) is 16.6 Å². The molecule has 0 fully saturated rings. The lowest BCUT2D eigenvalue weighted by Gasteiger charge is -2.05. The number of pyridine rings is 1. The number of nitrogens with zero attached hydrogens (tertiary/aromatic N) is 1. The van der Waals surface area contributed by atoms with E-state index in [4.69, 9.17) is 11.6 Å². The fourth-order valence-electron chi connectivity index (χ4n) is 2.40. The number of carboxylic acids is 1. The summed E-state index contributed by atoms with van der Waals surface area (Å²) < 4.78 is 1.80. The highest BCUT2D eigenvalue weighted by atomic mass is 35.5. The zero-order valence-corrected chi connectivity index (χ0v) is 11.6. The van der Waals surface area contributed by atoms with E-state index in [1.165, 1.54) is 0 Å². The van der Waals surface area contributed by atoms with Crippen molar-refractivity contribution in [3.05, 3.63) is 64.9 Å². The van der Waals surface area contributed by atoms with Crippen molar-refractivity contribution in [2.75, 3.05) is 0 Å². The third kappa shape index (κ3) is 1.96. The van der Waals surface area contributed by atoms with Crippen molar-refractivity contribution < 1.29 is 9.90 Å². The molecule has 3 rings (SSSR count). The standard InChI is InChI=1S/C16H12ClNO2/c1-10-5-6-13(17)11(8-10)12-9-18-7-3-2-4-14(18)15(12)16(19)20/h2-9H,1H3,(H,19,20). The summed E-state index contributed by atoms with van der Waals surface area (Å²) in [4.78, 5) is 11.6. The van der Waals surface area contributed by atoms with Crippen LogP contribution in [0.5, 0.6) is 0 Å². The Labute approximate surface area is 121 Å². The van der Waals surface area contributed by atoms with Crippen molar-refractivity contribution >= 4 is 23.1 Å². The smallest absolute Gasteiger partial charge is 0.338 e. The number of fused-ring (bicyclic) bond motifs is 1. The van der Waals surface area contributed by atoms with Gasteiger partial charge in [-0.15, -0.1) is 0 Å². The maximum absolute atomic E-state index is 11.6. The summed E-state index contributed by atoms with van der Waals surface area (Å²) in [7, 11) is 0. The van der Waals surface area contributed by atoms with Crippen LogP contribution in [-0.4, -0.2) is 15.5 Å². The number of aryl methyl sites for hydroxylation is 1. The first-order valence-electron chi connectivity index (χ1n) is 6.17. The molecule has 2 aromatic heterocycles. The number of benzene rings is 1. The van der Waals surface area contributed by atoms with Crippen molar-refractivity contribution in [3.63, 3.8) is 0 Å². The fraction of sp³-hybridized carbons (Fsp3) is 0.0625. The Morgan fingerprint density at radius 1 is 1.20 bits per heavy atom. The van der Waals surface area contributed by atoms with Gasteiger partial charge < -0.3 is 9.51 Å². The number of hydrogen-bond acceptors (Lipinski definition) is 1. The predicted octanol–water partition coefficient (Wildman–Crippen LogP) is 4.27. The van der Waals surface area contributed by atoms with Crippen molar-refractivity contribution in [2.45, 2.75) is 6.92 Å². The quantitative estimate of drug-likeness (QED) is 0.764. The molecule has 0 unspecified atom stereocenters. The Morgan fingerprint density at radius 3 is 2.75 bits per heavy atom. The summed E-state index contributed by atoms with van der Waals surface area (Å²) in [5.74, 6) is -0.953. The van der Waals surface area contributed by atoms with Crippen LogP contribution in [0, 0.1) is 6.92 Å². The third-order valence-corrected chi connectivity index (χ3v) is 3.64. The highest BCUT2D eigenvalue weighted by Gasteiger charge is 2.19. The van der Waals surface area contributed by atoms with E-state index in [1.807, 2.05) is 37.4 Å². The summed E-state index contributed by atoms with van der Waals surface area (Å²) in [5.41, 5.74) is 3.35. The molecule has 3 nitrogen and oxygen atoms in total. The molecule has 0 atom stereocenters. The molecule has 0 spiro atoms. The molecular weight excluding hydrogens is 274 g/mol. The van der Waals surface area contributed by atoms with Crippen LogP contribution in [-0.2, 0) is 0 Å². The maximum atomic E-state index is 11.6. The van der Waals surface area contributed by atoms with Gasteiger partial charge in [0.15, 0.2) is 0 Å². The Bertz CT molecular complexity index is 820. The molecule has 0 radical (unpaired) electrons. The average molecular weight is 286 g/mol. The first-order valence-corrected chi connectivity index (χ1v) is 6.55. The Kier molecular flexibility index (Phi) is 2.99. The molecule has 0 aliphatic rings. The molecule has 0 saturated heterocycles. The summed E-state index contributed by atoms with van der Waals surface area (Å²) in [6.07, 6.45) is 3.63. The van der Waals surface area contributed by atoms with Gasteiger partial charge in [0.05, 0.1) is 11.1 Å². The minimum Gasteiger partial charge on any atom is -0.478 e. The minimum absolute atomic E-state index is 0.276. The highest BCUT2D eigenvalue weighted by molar-refractivity contribution is 6.33. The van der Waals surface area contributed by atoms with E-state index in [0.717, 1.165) is 11.1 Å². The summed E-state index contributed by atoms with van der Waals surface area (Å²) in [6, 6.07) is 11.1. The van der Waals surface area contributed by atoms with E-state index < -0.39 is 5.97 Å². The lowest BCUT2D eigenvalue weighted by Crippen LogP contribution is -1.98. The topological polar surface area (TPSA) is 41.7 Å². The number of halogens is 1. The molecule has 0 aliphatic heterocycles. The molecule has 0 bridgehead atoms. The molecule has 100 valence electrons. The third-order valence-electron chi connectivity index (χ3n) is 3.31. The molecular formula is C16H12ClNO2. The van der Waals surface area contributed by atoms with Gasteiger partial charge >= 0.3 is 5.97 Å². The summed E-state index contributed by atoms with van der Waals surface area (Å²) >= 11 is 6.23. The van der Waals surface area contributed by atoms with Crippen LogP contribution in [0.3, 0.4) is 0 Å². The van der Waals surface area contributed by atoms with Crippen molar-refractivity contribution in [1.82, 2.24) is 4.40 Å². The van der Waals surface area contributed by atoms with Gasteiger partial charge in [0.25, 0.3) is 0 Å². The molecule has 0 saturated carbocycles. The predicted molar refractivity (Wildman–Crippen MR) is 79.5 cm³/mol. The SMILES string of the molecule is Cc1ccc(Cl)c(-c2cn3ccccc3c2C(=O)O)c1. The van der Waals surface area contributed by atoms with Gasteiger partial charge in [-0.3, -0.25) is 0 Å². The summed E-state index contributed by atoms with van der Waals surface area (Å²) in [6.45, 7) is 1.95. The maximum Gasteiger partial charge on any atom is 0.338 e. The Balaban J connectivity index is 2.38. The van der Waals surface area contributed by atoms with Gasteiger partial charge in [0.1, 0.15) is 0 Å². The lowest BCUT2D eigenvalue weighted by atomic mass is 10.0. The van der Waals surface area contributed by atoms with Gasteiger partial charge in [0.2, 0.25) is 0 Å². The van der Waals surface area contributed by atoms with Gasteiger partial charge in [-0.05, 0) is 31.2 Å². The van der Waals surface area contributed by atoms with Crippen LogP contribution in [0.1, 0.15) is 15.9 Å². The van der Waals surface area contributed by atoms with Crippen LogP contribution in [0.2, 0.25) is 5.02 Å². The molecule has 1 N–H and O–H groups in total. The highest BCUT2D eigenvalue weighted by Crippen LogP contribution is 2.34. The van der Waals surface area contributed by atoms with Gasteiger partial charge in [-0.2, -0.15) is 0 Å². The molecule has 4 heteroatoms. The monoisotopic (exact) mass is 285 g/mol. The lowest BCUT2D eigenvalue weighted by molar-refractivity contribution is 0.0700. The van der Waals surface area contributed by atoms with Crippen LogP contribution in [0.4, 0.5) is 0 Å². The van der Waals surface area contributed by atoms with E-state index in [0.29, 0.717) is 16.1 Å². The molecule has 1 aromatic carbocycles. The zero-order chi connectivity index (χ0) is 14.3. The molecule has 20 heavy (non-hydrogen) atoms.